The predicted octanol–water partition coefficient (Wildman–Crippen LogP) is 8.64. The molecular formula is C49H44Cl3N15O4. The van der Waals surface area contributed by atoms with E-state index in [9.17, 15) is 19.2 Å². The lowest BCUT2D eigenvalue weighted by atomic mass is 9.98. The van der Waals surface area contributed by atoms with Gasteiger partial charge in [0.2, 0.25) is 5.95 Å². The molecule has 19 nitrogen and oxygen atoms in total. The SMILES string of the molecule is CC1=NCC(=O)C(C(=O)Nc2cnn(-c3ccccc3Cl)c2)=C1C.Cc1ccc(C)c(C(=O)Nc2cnn(-c3ncc(N(C)C)cn3)c2)c1.O=C(Nc1cnn(-c2ncccn2)c1)c1ccc(Cl)cc1Cl. The van der Waals surface area contributed by atoms with Crippen molar-refractivity contribution in [1.82, 2.24) is 49.3 Å². The van der Waals surface area contributed by atoms with Gasteiger partial charge in [-0.2, -0.15) is 15.3 Å². The van der Waals surface area contributed by atoms with E-state index in [-0.39, 0.29) is 34.7 Å². The molecule has 22 heteroatoms. The van der Waals surface area contributed by atoms with Gasteiger partial charge in [0.05, 0.1) is 99.2 Å². The number of aliphatic imine (C=N–C) groups is 1. The number of nitrogens with zero attached hydrogens (tertiary/aromatic N) is 12. The smallest absolute Gasteiger partial charge is 0.259 e. The van der Waals surface area contributed by atoms with Crippen LogP contribution in [0.15, 0.2) is 145 Å². The van der Waals surface area contributed by atoms with E-state index in [1.54, 1.807) is 92.4 Å². The van der Waals surface area contributed by atoms with Gasteiger partial charge in [-0.3, -0.25) is 24.2 Å². The van der Waals surface area contributed by atoms with Gasteiger partial charge in [-0.1, -0.05) is 64.6 Å². The number of allylic oxidation sites excluding steroid dienone is 1. The highest BCUT2D eigenvalue weighted by Crippen LogP contribution is 2.24. The third-order valence-electron chi connectivity index (χ3n) is 10.4. The summed E-state index contributed by atoms with van der Waals surface area (Å²) in [6.07, 6.45) is 16.2. The molecule has 3 aromatic carbocycles. The number of halogens is 3. The zero-order valence-corrected chi connectivity index (χ0v) is 41.2. The Hall–Kier alpha value is -8.39. The Balaban J connectivity index is 0.000000157. The first-order valence-corrected chi connectivity index (χ1v) is 22.6. The fourth-order valence-corrected chi connectivity index (χ4v) is 7.26. The molecular weight excluding hydrogens is 969 g/mol. The molecule has 0 saturated heterocycles. The molecule has 0 radical (unpaired) electrons. The van der Waals surface area contributed by atoms with Crippen LogP contribution in [0, 0.1) is 13.8 Å². The Morgan fingerprint density at radius 1 is 0.606 bits per heavy atom. The number of hydrogen-bond acceptors (Lipinski definition) is 13. The molecule has 0 spiro atoms. The van der Waals surface area contributed by atoms with Gasteiger partial charge in [-0.25, -0.2) is 34.0 Å². The van der Waals surface area contributed by atoms with Crippen molar-refractivity contribution in [3.8, 4) is 17.6 Å². The number of rotatable bonds is 10. The zero-order valence-electron chi connectivity index (χ0n) is 39.0. The average molecular weight is 1010 g/mol. The molecule has 0 aliphatic carbocycles. The average Bonchev–Trinajstić information content (AvgIpc) is 4.14. The molecule has 5 aromatic heterocycles. The molecule has 0 atom stereocenters. The van der Waals surface area contributed by atoms with Gasteiger partial charge in [0.1, 0.15) is 6.54 Å². The Kier molecular flexibility index (Phi) is 16.2. The lowest BCUT2D eigenvalue weighted by Gasteiger charge is -2.14. The number of aryl methyl sites for hydroxylation is 2. The summed E-state index contributed by atoms with van der Waals surface area (Å²) in [4.78, 5) is 71.8. The minimum Gasteiger partial charge on any atom is -0.375 e. The Labute approximate surface area is 422 Å². The number of hydrogen-bond donors (Lipinski definition) is 3. The molecule has 71 heavy (non-hydrogen) atoms. The molecule has 3 amide bonds. The van der Waals surface area contributed by atoms with Crippen LogP contribution in [0.1, 0.15) is 45.7 Å². The molecule has 0 fully saturated rings. The number of aromatic nitrogens is 10. The van der Waals surface area contributed by atoms with Gasteiger partial charge in [0.15, 0.2) is 5.78 Å². The minimum absolute atomic E-state index is 0.00477. The normalized spacial score (nSPS) is 11.9. The maximum Gasteiger partial charge on any atom is 0.259 e. The summed E-state index contributed by atoms with van der Waals surface area (Å²) in [5.74, 6) is -0.398. The molecule has 0 bridgehead atoms. The van der Waals surface area contributed by atoms with Crippen molar-refractivity contribution in [1.29, 1.82) is 0 Å². The fourth-order valence-electron chi connectivity index (χ4n) is 6.54. The Bertz CT molecular complexity index is 3310. The highest BCUT2D eigenvalue weighted by molar-refractivity contribution is 6.37. The summed E-state index contributed by atoms with van der Waals surface area (Å²) in [7, 11) is 3.85. The number of Topliss-reactive ketones (excluding diaryl/α,β-unsaturated/α-hetero) is 1. The zero-order chi connectivity index (χ0) is 50.8. The Morgan fingerprint density at radius 3 is 1.77 bits per heavy atom. The van der Waals surface area contributed by atoms with Crippen LogP contribution in [-0.2, 0) is 9.59 Å². The van der Waals surface area contributed by atoms with Gasteiger partial charge in [0.25, 0.3) is 23.7 Å². The Morgan fingerprint density at radius 2 is 1.17 bits per heavy atom. The monoisotopic (exact) mass is 1010 g/mol. The summed E-state index contributed by atoms with van der Waals surface area (Å²) in [5.41, 5.74) is 7.57. The molecule has 9 rings (SSSR count). The summed E-state index contributed by atoms with van der Waals surface area (Å²) in [5, 5.41) is 22.1. The van der Waals surface area contributed by atoms with Crippen molar-refractivity contribution >= 4 is 86.8 Å². The van der Waals surface area contributed by atoms with Crippen molar-refractivity contribution in [2.24, 2.45) is 4.99 Å². The lowest BCUT2D eigenvalue weighted by Crippen LogP contribution is -2.27. The van der Waals surface area contributed by atoms with E-state index in [1.807, 2.05) is 69.2 Å². The summed E-state index contributed by atoms with van der Waals surface area (Å²) < 4.78 is 4.55. The molecule has 0 unspecified atom stereocenters. The van der Waals surface area contributed by atoms with Crippen molar-refractivity contribution < 1.29 is 19.2 Å². The van der Waals surface area contributed by atoms with Gasteiger partial charge in [-0.15, -0.1) is 0 Å². The van der Waals surface area contributed by atoms with E-state index < -0.39 is 5.91 Å². The van der Waals surface area contributed by atoms with Gasteiger partial charge in [-0.05, 0) is 81.3 Å². The molecule has 1 aliphatic rings. The predicted molar refractivity (Wildman–Crippen MR) is 274 cm³/mol. The van der Waals surface area contributed by atoms with Crippen molar-refractivity contribution in [2.75, 3.05) is 41.5 Å². The molecule has 360 valence electrons. The third-order valence-corrected chi connectivity index (χ3v) is 11.3. The summed E-state index contributed by atoms with van der Waals surface area (Å²) in [6.45, 7) is 7.38. The number of nitrogens with one attached hydrogen (secondary N) is 3. The van der Waals surface area contributed by atoms with E-state index >= 15 is 0 Å². The van der Waals surface area contributed by atoms with Gasteiger partial charge in [0, 0.05) is 42.8 Å². The van der Waals surface area contributed by atoms with Crippen molar-refractivity contribution in [2.45, 2.75) is 27.7 Å². The second-order valence-electron chi connectivity index (χ2n) is 15.8. The molecule has 3 N–H and O–H groups in total. The van der Waals surface area contributed by atoms with Crippen LogP contribution in [0.5, 0.6) is 0 Å². The van der Waals surface area contributed by atoms with Crippen LogP contribution in [0.2, 0.25) is 15.1 Å². The third kappa shape index (κ3) is 12.8. The number of ketones is 1. The first-order chi connectivity index (χ1) is 34.0. The topological polar surface area (TPSA) is 225 Å². The second-order valence-corrected chi connectivity index (χ2v) is 17.0. The second kappa shape index (κ2) is 22.8. The molecule has 6 heterocycles. The quantitative estimate of drug-likeness (QED) is 0.110. The van der Waals surface area contributed by atoms with Crippen LogP contribution in [0.3, 0.4) is 0 Å². The number of para-hydroxylation sites is 1. The summed E-state index contributed by atoms with van der Waals surface area (Å²) >= 11 is 18.0. The lowest BCUT2D eigenvalue weighted by molar-refractivity contribution is -0.119. The number of dihydropyridines is 1. The number of amides is 3. The van der Waals surface area contributed by atoms with Crippen molar-refractivity contribution in [3.63, 3.8) is 0 Å². The van der Waals surface area contributed by atoms with E-state index in [0.717, 1.165) is 16.8 Å². The van der Waals surface area contributed by atoms with E-state index in [4.69, 9.17) is 34.8 Å². The van der Waals surface area contributed by atoms with E-state index in [2.05, 4.69) is 56.2 Å². The maximum absolute atomic E-state index is 12.5. The van der Waals surface area contributed by atoms with E-state index in [1.165, 1.54) is 27.8 Å². The van der Waals surface area contributed by atoms with Crippen LogP contribution in [-0.4, -0.2) is 99.1 Å². The number of benzene rings is 3. The summed E-state index contributed by atoms with van der Waals surface area (Å²) in [6, 6.07) is 19.4. The van der Waals surface area contributed by atoms with Crippen LogP contribution >= 0.6 is 34.8 Å². The molecule has 1 aliphatic heterocycles. The minimum atomic E-state index is -0.453. The van der Waals surface area contributed by atoms with Crippen LogP contribution in [0.25, 0.3) is 17.6 Å². The molecule has 8 aromatic rings. The highest BCUT2D eigenvalue weighted by atomic mass is 35.5. The number of carbonyl (C=O) groups excluding carboxylic acids is 4. The van der Waals surface area contributed by atoms with E-state index in [0.29, 0.717) is 67.1 Å². The standard InChI is InChI=1S/C18H20N6O.C17H15ClN4O2.C14H9Cl2N5O/c1-12-5-6-13(2)16(7-12)17(25)22-14-8-21-24(11-14)18-19-9-15(10-20-18)23(3)4;1-10-11(2)19-8-15(23)16(10)17(24)21-12-7-20-22(9-12)14-6-4-3-5-13(14)18;15-9-2-3-11(12(16)6-9)13(22)20-10-7-19-21(8-10)14-17-4-1-5-18-14/h5-11H,1-4H3,(H,22,25);3-7,9H,8H2,1-2H3,(H,21,24);1-8H,(H,20,22). The van der Waals surface area contributed by atoms with Crippen LogP contribution < -0.4 is 20.9 Å². The maximum atomic E-state index is 12.5. The van der Waals surface area contributed by atoms with Gasteiger partial charge < -0.3 is 20.9 Å². The molecule has 0 saturated carbocycles. The largest absolute Gasteiger partial charge is 0.375 e. The fraction of sp³-hybridized carbons (Fsp3) is 0.143. The van der Waals surface area contributed by atoms with Crippen molar-refractivity contribution in [3.05, 3.63) is 177 Å². The number of anilines is 4. The van der Waals surface area contributed by atoms with Gasteiger partial charge >= 0.3 is 0 Å². The van der Waals surface area contributed by atoms with Crippen LogP contribution in [0.4, 0.5) is 22.7 Å². The first kappa shape index (κ1) is 50.5. The number of carbonyl (C=O) groups is 4. The highest BCUT2D eigenvalue weighted by Gasteiger charge is 2.25. The first-order valence-electron chi connectivity index (χ1n) is 21.4.